The minimum atomic E-state index is -0.190. The van der Waals surface area contributed by atoms with Crippen molar-refractivity contribution in [3.05, 3.63) is 59.1 Å². The van der Waals surface area contributed by atoms with Crippen molar-refractivity contribution >= 4 is 28.3 Å². The zero-order valence-electron chi connectivity index (χ0n) is 19.0. The van der Waals surface area contributed by atoms with E-state index in [1.165, 1.54) is 67.5 Å². The molecule has 4 aromatic rings. The van der Waals surface area contributed by atoms with Gasteiger partial charge in [-0.2, -0.15) is 4.68 Å². The highest BCUT2D eigenvalue weighted by Gasteiger charge is 2.36. The smallest absolute Gasteiger partial charge is 0.267 e. The van der Waals surface area contributed by atoms with Crippen LogP contribution in [0.5, 0.6) is 0 Å². The molecule has 0 aliphatic heterocycles. The Morgan fingerprint density at radius 2 is 1.76 bits per heavy atom. The summed E-state index contributed by atoms with van der Waals surface area (Å²) in [7, 11) is 0. The molecule has 33 heavy (non-hydrogen) atoms. The summed E-state index contributed by atoms with van der Waals surface area (Å²) < 4.78 is 1.36. The minimum absolute atomic E-state index is 0.190. The number of nitrogens with zero attached hydrogens (tertiary/aromatic N) is 5. The molecule has 1 aliphatic carbocycles. The van der Waals surface area contributed by atoms with Gasteiger partial charge in [-0.05, 0) is 43.5 Å². The summed E-state index contributed by atoms with van der Waals surface area (Å²) in [6.45, 7) is 2.26. The van der Waals surface area contributed by atoms with Crippen LogP contribution in [0.4, 0.5) is 0 Å². The van der Waals surface area contributed by atoms with Crippen LogP contribution in [0, 0.1) is 0 Å². The molecule has 0 N–H and O–H groups in total. The summed E-state index contributed by atoms with van der Waals surface area (Å²) in [5.74, 6) is -0.190. The Labute approximate surface area is 198 Å². The molecule has 5 rings (SSSR count). The second-order valence-corrected chi connectivity index (χ2v) is 10.1. The lowest BCUT2D eigenvalue weighted by molar-refractivity contribution is 0.0948. The highest BCUT2D eigenvalue weighted by atomic mass is 32.1. The van der Waals surface area contributed by atoms with Crippen molar-refractivity contribution in [3.8, 4) is 10.6 Å². The van der Waals surface area contributed by atoms with Gasteiger partial charge >= 0.3 is 0 Å². The Kier molecular flexibility index (Phi) is 6.31. The summed E-state index contributed by atoms with van der Waals surface area (Å²) in [6, 6.07) is 15.1. The molecule has 6 nitrogen and oxygen atoms in total. The van der Waals surface area contributed by atoms with Gasteiger partial charge in [0.15, 0.2) is 0 Å². The summed E-state index contributed by atoms with van der Waals surface area (Å²) in [4.78, 5) is 13.0. The number of para-hydroxylation sites is 1. The van der Waals surface area contributed by atoms with Gasteiger partial charge in [-0.1, -0.05) is 86.3 Å². The van der Waals surface area contributed by atoms with Gasteiger partial charge < -0.3 is 0 Å². The molecule has 0 radical (unpaired) electrons. The number of benzene rings is 2. The molecule has 0 amide bonds. The van der Waals surface area contributed by atoms with Gasteiger partial charge in [0, 0.05) is 16.5 Å². The highest BCUT2D eigenvalue weighted by Crippen LogP contribution is 2.45. The van der Waals surface area contributed by atoms with Gasteiger partial charge in [0.2, 0.25) is 0 Å². The normalized spacial score (nSPS) is 15.7. The van der Waals surface area contributed by atoms with Gasteiger partial charge in [0.25, 0.3) is 5.91 Å². The molecule has 2 aromatic heterocycles. The van der Waals surface area contributed by atoms with E-state index < -0.39 is 0 Å². The highest BCUT2D eigenvalue weighted by molar-refractivity contribution is 7.14. The van der Waals surface area contributed by atoms with Crippen molar-refractivity contribution in [1.82, 2.24) is 25.2 Å². The van der Waals surface area contributed by atoms with Crippen molar-refractivity contribution in [3.63, 3.8) is 0 Å². The van der Waals surface area contributed by atoms with E-state index in [4.69, 9.17) is 0 Å². The van der Waals surface area contributed by atoms with Crippen molar-refractivity contribution < 1.29 is 4.79 Å². The maximum atomic E-state index is 13.0. The van der Waals surface area contributed by atoms with Crippen LogP contribution in [-0.2, 0) is 5.41 Å². The van der Waals surface area contributed by atoms with E-state index in [-0.39, 0.29) is 11.3 Å². The average molecular weight is 460 g/mol. The van der Waals surface area contributed by atoms with Crippen molar-refractivity contribution in [2.45, 2.75) is 70.1 Å². The first-order valence-corrected chi connectivity index (χ1v) is 12.8. The molecule has 1 fully saturated rings. The second-order valence-electron chi connectivity index (χ2n) is 9.08. The predicted octanol–water partition coefficient (Wildman–Crippen LogP) is 6.42. The van der Waals surface area contributed by atoms with E-state index >= 15 is 0 Å². The van der Waals surface area contributed by atoms with Crippen LogP contribution in [-0.4, -0.2) is 31.1 Å². The molecule has 0 spiro atoms. The third kappa shape index (κ3) is 4.34. The lowest BCUT2D eigenvalue weighted by Crippen LogP contribution is -2.29. The van der Waals surface area contributed by atoms with Crippen LogP contribution in [0.2, 0.25) is 0 Å². The van der Waals surface area contributed by atoms with Crippen molar-refractivity contribution in [2.75, 3.05) is 0 Å². The topological polar surface area (TPSA) is 73.6 Å². The number of carbonyl (C=O) groups excluding carboxylic acids is 1. The van der Waals surface area contributed by atoms with Gasteiger partial charge in [-0.3, -0.25) is 4.79 Å². The van der Waals surface area contributed by atoms with Crippen LogP contribution < -0.4 is 0 Å². The summed E-state index contributed by atoms with van der Waals surface area (Å²) >= 11 is 1.73. The van der Waals surface area contributed by atoms with E-state index in [1.807, 2.05) is 48.5 Å². The number of hydrogen-bond donors (Lipinski definition) is 0. The van der Waals surface area contributed by atoms with Crippen LogP contribution in [0.3, 0.4) is 0 Å². The summed E-state index contributed by atoms with van der Waals surface area (Å²) in [6.07, 6.45) is 11.4. The fraction of sp³-hybridized carbons (Fsp3) is 0.423. The number of hydrogen-bond acceptors (Lipinski definition) is 6. The Morgan fingerprint density at radius 3 is 2.55 bits per heavy atom. The third-order valence-electron chi connectivity index (χ3n) is 6.87. The minimum Gasteiger partial charge on any atom is -0.267 e. The Morgan fingerprint density at radius 1 is 0.970 bits per heavy atom. The maximum absolute atomic E-state index is 13.0. The molecule has 0 atom stereocenters. The molecular weight excluding hydrogens is 430 g/mol. The molecule has 170 valence electrons. The zero-order valence-corrected chi connectivity index (χ0v) is 19.9. The fourth-order valence-electron chi connectivity index (χ4n) is 4.96. The standard InChI is InChI=1S/C26H29N5OS/c1-2-3-7-16-26(17-8-4-9-18-26)25-29-28-23(33-25)19-12-14-20(15-13-19)24(32)31-22-11-6-5-10-21(22)27-30-31/h5-6,10-15H,2-4,7-9,16-18H2,1H3. The number of fused-ring (bicyclic) bond motifs is 1. The number of unbranched alkanes of at least 4 members (excludes halogenated alkanes) is 2. The number of aromatic nitrogens is 5. The van der Waals surface area contributed by atoms with E-state index in [0.717, 1.165) is 10.6 Å². The molecule has 0 saturated heterocycles. The summed E-state index contributed by atoms with van der Waals surface area (Å²) in [5, 5.41) is 19.5. The van der Waals surface area contributed by atoms with Gasteiger partial charge in [0.05, 0.1) is 5.52 Å². The summed E-state index contributed by atoms with van der Waals surface area (Å²) in [5.41, 5.74) is 3.19. The average Bonchev–Trinajstić information content (AvgIpc) is 3.53. The second kappa shape index (κ2) is 9.51. The Bertz CT molecular complexity index is 1240. The van der Waals surface area contributed by atoms with Crippen LogP contribution in [0.25, 0.3) is 21.6 Å². The molecular formula is C26H29N5OS. The van der Waals surface area contributed by atoms with Crippen LogP contribution in [0.1, 0.15) is 80.1 Å². The van der Waals surface area contributed by atoms with Crippen molar-refractivity contribution in [2.24, 2.45) is 0 Å². The molecule has 2 aromatic carbocycles. The predicted molar refractivity (Wildman–Crippen MR) is 132 cm³/mol. The fourth-order valence-corrected chi connectivity index (χ4v) is 6.09. The number of carbonyl (C=O) groups is 1. The molecule has 0 bridgehead atoms. The molecule has 0 unspecified atom stereocenters. The Balaban J connectivity index is 1.37. The van der Waals surface area contributed by atoms with Gasteiger partial charge in [0.1, 0.15) is 15.5 Å². The monoisotopic (exact) mass is 459 g/mol. The van der Waals surface area contributed by atoms with Gasteiger partial charge in [-0.25, -0.2) is 0 Å². The largest absolute Gasteiger partial charge is 0.280 e. The SMILES string of the molecule is CCCCCC1(c2nnc(-c3ccc(C(=O)n4nnc5ccccc54)cc3)s2)CCCCC1. The van der Waals surface area contributed by atoms with E-state index in [9.17, 15) is 4.79 Å². The molecule has 1 aliphatic rings. The first-order chi connectivity index (χ1) is 16.2. The molecule has 2 heterocycles. The van der Waals surface area contributed by atoms with Gasteiger partial charge in [-0.15, -0.1) is 15.3 Å². The zero-order chi connectivity index (χ0) is 22.7. The lowest BCUT2D eigenvalue weighted by atomic mass is 9.71. The van der Waals surface area contributed by atoms with Crippen molar-refractivity contribution in [1.29, 1.82) is 0 Å². The van der Waals surface area contributed by atoms with E-state index in [1.54, 1.807) is 11.3 Å². The number of rotatable bonds is 7. The van der Waals surface area contributed by atoms with Crippen LogP contribution in [0.15, 0.2) is 48.5 Å². The van der Waals surface area contributed by atoms with E-state index in [2.05, 4.69) is 27.4 Å². The van der Waals surface area contributed by atoms with E-state index in [0.29, 0.717) is 16.6 Å². The quantitative estimate of drug-likeness (QED) is 0.298. The molecule has 1 saturated carbocycles. The third-order valence-corrected chi connectivity index (χ3v) is 8.09. The first kappa shape index (κ1) is 21.9. The maximum Gasteiger partial charge on any atom is 0.280 e. The molecule has 7 heteroatoms. The first-order valence-electron chi connectivity index (χ1n) is 12.0. The lowest BCUT2D eigenvalue weighted by Gasteiger charge is -2.35. The van der Waals surface area contributed by atoms with Crippen LogP contribution >= 0.6 is 11.3 Å². The Hall–Kier alpha value is -2.93.